The fourth-order valence-electron chi connectivity index (χ4n) is 9.75. The number of aliphatic hydroxyl groups is 1. The number of nitriles is 1. The zero-order chi connectivity index (χ0) is 77.2. The summed E-state index contributed by atoms with van der Waals surface area (Å²) in [5.41, 5.74) is 7.73. The Hall–Kier alpha value is -8.32. The number of anilines is 2. The molecule has 31 heteroatoms. The Morgan fingerprint density at radius 3 is 1.37 bits per heavy atom. The first-order valence-corrected chi connectivity index (χ1v) is 36.1. The molecule has 28 nitrogen and oxygen atoms in total. The van der Waals surface area contributed by atoms with Crippen molar-refractivity contribution in [3.63, 3.8) is 0 Å². The summed E-state index contributed by atoms with van der Waals surface area (Å²) in [5, 5.41) is 47.9. The smallest absolute Gasteiger partial charge is 0.545 e. The molecule has 2 unspecified atom stereocenters. The van der Waals surface area contributed by atoms with Crippen molar-refractivity contribution < 1.29 is 116 Å². The molecule has 0 amide bonds. The van der Waals surface area contributed by atoms with Crippen LogP contribution in [0.2, 0.25) is 0 Å². The Morgan fingerprint density at radius 2 is 0.972 bits per heavy atom. The summed E-state index contributed by atoms with van der Waals surface area (Å²) in [6, 6.07) is 26.2. The minimum absolute atomic E-state index is 0. The van der Waals surface area contributed by atoms with Crippen molar-refractivity contribution in [1.29, 1.82) is 5.26 Å². The number of ether oxygens (including phenoxy) is 12. The van der Waals surface area contributed by atoms with Crippen LogP contribution in [0, 0.1) is 58.7 Å². The molecule has 0 saturated heterocycles. The third-order valence-electron chi connectivity index (χ3n) is 15.3. The second-order valence-electron chi connectivity index (χ2n) is 23.6. The van der Waals surface area contributed by atoms with E-state index in [0.717, 1.165) is 35.6 Å². The van der Waals surface area contributed by atoms with E-state index >= 15 is 0 Å². The molecule has 2 atom stereocenters. The third-order valence-corrected chi connectivity index (χ3v) is 17.4. The normalized spacial score (nSPS) is 12.1. The summed E-state index contributed by atoms with van der Waals surface area (Å²) in [5.74, 6) is -3.30. The molecule has 107 heavy (non-hydrogen) atoms. The predicted molar refractivity (Wildman–Crippen MR) is 399 cm³/mol. The number of aromatic carboxylic acids is 1. The number of nitrogens with zero attached hydrogens (tertiary/aromatic N) is 10. The number of hydrogen-bond acceptors (Lipinski definition) is 27. The van der Waals surface area contributed by atoms with E-state index in [1.165, 1.54) is 40.9 Å². The molecule has 0 radical (unpaired) electrons. The van der Waals surface area contributed by atoms with Gasteiger partial charge >= 0.3 is 47.5 Å². The molecule has 3 heterocycles. The van der Waals surface area contributed by atoms with E-state index < -0.39 is 23.9 Å². The number of likely N-dealkylation sites (N-methyl/N-ethyl adjacent to an activating group) is 2. The molecule has 568 valence electrons. The fourth-order valence-corrected chi connectivity index (χ4v) is 11.5. The van der Waals surface area contributed by atoms with E-state index in [1.807, 2.05) is 71.9 Å². The maximum absolute atomic E-state index is 12.1. The van der Waals surface area contributed by atoms with E-state index in [4.69, 9.17) is 76.9 Å². The molecule has 0 bridgehead atoms. The number of aryl methyl sites for hydroxylation is 2. The molecule has 4 aromatic carbocycles. The van der Waals surface area contributed by atoms with Crippen LogP contribution >= 0.6 is 22.7 Å². The third kappa shape index (κ3) is 31.4. The number of esters is 3. The van der Waals surface area contributed by atoms with Crippen molar-refractivity contribution in [2.45, 2.75) is 93.7 Å². The first kappa shape index (κ1) is 91.1. The minimum Gasteiger partial charge on any atom is -0.545 e. The molecule has 7 rings (SSSR count). The SMILES string of the molecule is O=C1OC(=O)c2ccccc21.[C-]#[N+]c1c(N=Nc2ccc(N(CC)CC(COC(C)C)OCCOCCOCCOCCOC(=O)c3ccccc3C(=O)[O-])cc2C)sc(C#N)c1C.[C-]#[N+]c1sc(N=Nc2ccc(N(CC)CC(COC(C)C)OCCOCCOCCOCCO)cc2C)c([N+]#[C-])c1C.[Na+]. The number of azo groups is 2. The Kier molecular flexibility index (Phi) is 43.5. The van der Waals surface area contributed by atoms with Crippen LogP contribution < -0.4 is 44.5 Å². The molecule has 6 aromatic rings. The number of aliphatic hydroxyl groups excluding tert-OH is 1. The van der Waals surface area contributed by atoms with Gasteiger partial charge in [0.2, 0.25) is 16.4 Å². The van der Waals surface area contributed by atoms with Crippen molar-refractivity contribution in [3.05, 3.63) is 169 Å². The van der Waals surface area contributed by atoms with Gasteiger partial charge in [0, 0.05) is 43.1 Å². The summed E-state index contributed by atoms with van der Waals surface area (Å²) >= 11 is 2.35. The standard InChI is InChI=1S/C38H47N5O9S.C30H43N5O6S.C8H4O3.Na/c1-7-43(29-12-13-33(27(4)22-29)41-42-36-35(40-6)28(5)34(23-39)53-36)24-30(25-52-26(2)3)50-20-18-48-16-14-47-15-17-49-19-21-51-38(46)32-11-9-8-10-31(32)37(44)45;1-8-35(20-26(21-41-22(2)3)40-18-17-39-16-15-38-14-13-37-12-11-36)25-9-10-27(23(4)19-25)33-34-30-28(31-6)24(5)29(32-7)42-30;9-7-5-3-1-2-4-6(5)8(10)11-7;/h8-13,22,26,30H,7,14-21,24-25H2,1-5H3,(H,44,45);9-10,19,22,26,36H,8,11-18,20-21H2,1-5H3;1-4H;/q;;;+1/p-1. The molecule has 0 spiro atoms. The Balaban J connectivity index is 0.000000397. The van der Waals surface area contributed by atoms with Crippen molar-refractivity contribution in [2.75, 3.05) is 155 Å². The first-order chi connectivity index (χ1) is 51.2. The van der Waals surface area contributed by atoms with Gasteiger partial charge in [0.25, 0.3) is 0 Å². The van der Waals surface area contributed by atoms with Gasteiger partial charge in [-0.2, -0.15) is 25.7 Å². The van der Waals surface area contributed by atoms with E-state index in [9.17, 15) is 29.5 Å². The molecule has 2 aromatic heterocycles. The average Bonchev–Trinajstić information content (AvgIpc) is 1.73. The van der Waals surface area contributed by atoms with Crippen molar-refractivity contribution >= 4 is 95.7 Å². The number of rotatable bonds is 45. The number of carbonyl (C=O) groups is 4. The van der Waals surface area contributed by atoms with Crippen LogP contribution in [0.5, 0.6) is 0 Å². The molecule has 1 aliphatic heterocycles. The van der Waals surface area contributed by atoms with Gasteiger partial charge in [0.15, 0.2) is 0 Å². The maximum Gasteiger partial charge on any atom is 1.00 e. The van der Waals surface area contributed by atoms with Crippen LogP contribution in [0.4, 0.5) is 49.1 Å². The van der Waals surface area contributed by atoms with Gasteiger partial charge in [-0.3, -0.25) is 0 Å². The predicted octanol–water partition coefficient (Wildman–Crippen LogP) is 10.7. The molecule has 0 aliphatic carbocycles. The van der Waals surface area contributed by atoms with E-state index in [-0.39, 0.29) is 91.5 Å². The van der Waals surface area contributed by atoms with Gasteiger partial charge in [-0.25, -0.2) is 28.9 Å². The van der Waals surface area contributed by atoms with E-state index in [0.29, 0.717) is 170 Å². The number of carbonyl (C=O) groups excluding carboxylic acids is 4. The number of thiophene rings is 2. The van der Waals surface area contributed by atoms with Gasteiger partial charge in [0.1, 0.15) is 22.7 Å². The first-order valence-electron chi connectivity index (χ1n) is 34.4. The van der Waals surface area contributed by atoms with Crippen molar-refractivity contribution in [1.82, 2.24) is 0 Å². The molecule has 1 aliphatic rings. The molecular weight excluding hydrogens is 1430 g/mol. The Bertz CT molecular complexity index is 3980. The summed E-state index contributed by atoms with van der Waals surface area (Å²) in [4.78, 5) is 60.4. The summed E-state index contributed by atoms with van der Waals surface area (Å²) < 4.78 is 66.4. The Labute approximate surface area is 656 Å². The quantitative estimate of drug-likeness (QED) is 0.00927. The van der Waals surface area contributed by atoms with Crippen LogP contribution in [0.3, 0.4) is 0 Å². The average molecular weight is 1520 g/mol. The van der Waals surface area contributed by atoms with E-state index in [1.54, 1.807) is 44.2 Å². The van der Waals surface area contributed by atoms with E-state index in [2.05, 4.69) is 75.5 Å². The second kappa shape index (κ2) is 51.1. The second-order valence-corrected chi connectivity index (χ2v) is 25.6. The van der Waals surface area contributed by atoms with Crippen LogP contribution in [-0.4, -0.2) is 199 Å². The molecule has 0 fully saturated rings. The van der Waals surface area contributed by atoms with Crippen LogP contribution in [0.25, 0.3) is 14.5 Å². The zero-order valence-corrected chi connectivity index (χ0v) is 66.3. The number of benzene rings is 4. The number of hydrogen-bond donors (Lipinski definition) is 1. The minimum atomic E-state index is -1.45. The van der Waals surface area contributed by atoms with Crippen molar-refractivity contribution in [3.8, 4) is 6.07 Å². The zero-order valence-electron chi connectivity index (χ0n) is 62.6. The topological polar surface area (TPSA) is 315 Å². The molecule has 1 N–H and O–H groups in total. The number of cyclic esters (lactones) is 2. The van der Waals surface area contributed by atoms with Crippen LogP contribution in [-0.2, 0) is 56.8 Å². The van der Waals surface area contributed by atoms with Crippen LogP contribution in [0.1, 0.15) is 110 Å². The summed E-state index contributed by atoms with van der Waals surface area (Å²) in [6.07, 6.45) is -0.217. The molecular formula is C76H93N10NaO18S2. The fraction of sp³-hybridized carbons (Fsp3) is 0.474. The summed E-state index contributed by atoms with van der Waals surface area (Å²) in [7, 11) is 0. The van der Waals surface area contributed by atoms with Crippen LogP contribution in [0.15, 0.2) is 105 Å². The monoisotopic (exact) mass is 1520 g/mol. The maximum atomic E-state index is 12.1. The van der Waals surface area contributed by atoms with Gasteiger partial charge in [-0.1, -0.05) is 37.3 Å². The number of carboxylic acid groups (broad SMARTS) is 1. The van der Waals surface area contributed by atoms with Crippen molar-refractivity contribution in [2.24, 2.45) is 20.5 Å². The van der Waals surface area contributed by atoms with Gasteiger partial charge in [-0.05, 0) is 139 Å². The number of carboxylic acids is 1. The molecule has 0 saturated carbocycles. The van der Waals surface area contributed by atoms with Gasteiger partial charge < -0.3 is 81.6 Å². The van der Waals surface area contributed by atoms with Gasteiger partial charge in [0.05, 0.1) is 195 Å². The largest absolute Gasteiger partial charge is 1.00 e. The number of fused-ring (bicyclic) bond motifs is 1. The Morgan fingerprint density at radius 1 is 0.561 bits per heavy atom. The summed E-state index contributed by atoms with van der Waals surface area (Å²) in [6.45, 7) is 50.7. The van der Waals surface area contributed by atoms with Gasteiger partial charge in [-0.15, -0.1) is 22.7 Å².